The minimum Gasteiger partial charge on any atom is -0.494 e. The molecule has 4 aromatic rings. The van der Waals surface area contributed by atoms with Crippen molar-refractivity contribution in [3.05, 3.63) is 83.5 Å². The summed E-state index contributed by atoms with van der Waals surface area (Å²) in [7, 11) is 3.32. The second-order valence-corrected chi connectivity index (χ2v) is 15.2. The van der Waals surface area contributed by atoms with Gasteiger partial charge < -0.3 is 35.4 Å². The van der Waals surface area contributed by atoms with Crippen LogP contribution in [0.25, 0.3) is 0 Å². The quantitative estimate of drug-likeness (QED) is 0.136. The maximum Gasteiger partial charge on any atom is 0.249 e. The number of carbonyl (C=O) groups is 4. The van der Waals surface area contributed by atoms with Crippen molar-refractivity contribution < 1.29 is 23.9 Å². The number of nitrogens with zero attached hydrogens (tertiary/aromatic N) is 6. The zero-order valence-electron chi connectivity index (χ0n) is 33.0. The summed E-state index contributed by atoms with van der Waals surface area (Å²) < 4.78 is 5.76. The summed E-state index contributed by atoms with van der Waals surface area (Å²) in [4.78, 5) is 66.0. The van der Waals surface area contributed by atoms with Crippen LogP contribution >= 0.6 is 11.6 Å². The molecule has 304 valence electrons. The molecule has 1 unspecified atom stereocenters. The molecule has 0 radical (unpaired) electrons. The van der Waals surface area contributed by atoms with Gasteiger partial charge in [-0.3, -0.25) is 29.4 Å². The van der Waals surface area contributed by atoms with Crippen molar-refractivity contribution in [2.24, 2.45) is 0 Å². The lowest BCUT2D eigenvalue weighted by molar-refractivity contribution is -0.134. The van der Waals surface area contributed by atoms with Crippen LogP contribution in [0, 0.1) is 0 Å². The number of anilines is 7. The van der Waals surface area contributed by atoms with E-state index < -0.39 is 6.04 Å². The van der Waals surface area contributed by atoms with Crippen LogP contribution in [-0.2, 0) is 19.2 Å². The largest absolute Gasteiger partial charge is 0.494 e. The lowest BCUT2D eigenvalue weighted by Gasteiger charge is -2.38. The van der Waals surface area contributed by atoms with E-state index in [9.17, 15) is 19.2 Å². The molecule has 1 aromatic heterocycles. The van der Waals surface area contributed by atoms with E-state index in [1.165, 1.54) is 18.7 Å². The molecule has 3 aliphatic rings. The van der Waals surface area contributed by atoms with Crippen molar-refractivity contribution in [1.29, 1.82) is 0 Å². The molecule has 3 saturated heterocycles. The van der Waals surface area contributed by atoms with Crippen molar-refractivity contribution in [3.63, 3.8) is 0 Å². The fraction of sp³-hybridized carbons (Fsp3) is 0.381. The Hall–Kier alpha value is -5.93. The number of likely N-dealkylation sites (tertiary alicyclic amines) is 1. The number of hydrogen-bond acceptors (Lipinski definition) is 12. The number of aromatic nitrogens is 2. The van der Waals surface area contributed by atoms with Crippen molar-refractivity contribution >= 4 is 75.4 Å². The maximum atomic E-state index is 13.4. The molecule has 58 heavy (non-hydrogen) atoms. The fourth-order valence-corrected chi connectivity index (χ4v) is 7.74. The molecule has 3 fully saturated rings. The van der Waals surface area contributed by atoms with Crippen LogP contribution in [0.1, 0.15) is 44.1 Å². The third-order valence-corrected chi connectivity index (χ3v) is 11.3. The van der Waals surface area contributed by atoms with Gasteiger partial charge in [0.25, 0.3) is 0 Å². The Kier molecular flexibility index (Phi) is 12.6. The summed E-state index contributed by atoms with van der Waals surface area (Å²) in [5.74, 6) is 1.27. The van der Waals surface area contributed by atoms with Crippen LogP contribution in [0.2, 0.25) is 5.02 Å². The molecule has 3 aliphatic heterocycles. The number of hydrogen-bond donors (Lipinski definition) is 4. The summed E-state index contributed by atoms with van der Waals surface area (Å²) in [6.45, 7) is 6.31. The van der Waals surface area contributed by atoms with E-state index in [0.717, 1.165) is 37.3 Å². The van der Waals surface area contributed by atoms with Gasteiger partial charge >= 0.3 is 0 Å². The number of piperazine rings is 1. The lowest BCUT2D eigenvalue weighted by atomic mass is 9.89. The van der Waals surface area contributed by atoms with Crippen molar-refractivity contribution in [3.8, 4) is 5.75 Å². The highest BCUT2D eigenvalue weighted by molar-refractivity contribution is 6.33. The number of piperidine rings is 2. The van der Waals surface area contributed by atoms with E-state index in [1.807, 2.05) is 59.5 Å². The predicted molar refractivity (Wildman–Crippen MR) is 226 cm³/mol. The van der Waals surface area contributed by atoms with Gasteiger partial charge in [0.2, 0.25) is 29.6 Å². The molecule has 16 heteroatoms. The van der Waals surface area contributed by atoms with Gasteiger partial charge in [0.05, 0.1) is 36.9 Å². The predicted octanol–water partition coefficient (Wildman–Crippen LogP) is 5.35. The average Bonchev–Trinajstić information content (AvgIpc) is 3.23. The van der Waals surface area contributed by atoms with E-state index >= 15 is 0 Å². The van der Waals surface area contributed by atoms with E-state index in [0.29, 0.717) is 91.1 Å². The average molecular weight is 809 g/mol. The molecule has 0 spiro atoms. The molecule has 1 atom stereocenters. The van der Waals surface area contributed by atoms with Crippen LogP contribution in [-0.4, -0.2) is 109 Å². The Balaban J connectivity index is 0.881. The summed E-state index contributed by atoms with van der Waals surface area (Å²) in [5, 5.41) is 12.4. The van der Waals surface area contributed by atoms with Gasteiger partial charge in [0.15, 0.2) is 5.82 Å². The molecule has 4 heterocycles. The Labute approximate surface area is 343 Å². The van der Waals surface area contributed by atoms with Gasteiger partial charge in [-0.1, -0.05) is 35.9 Å². The Morgan fingerprint density at radius 2 is 1.67 bits per heavy atom. The number of para-hydroxylation sites is 2. The molecule has 4 amide bonds. The van der Waals surface area contributed by atoms with Crippen molar-refractivity contribution in [2.45, 2.75) is 44.6 Å². The number of ether oxygens (including phenoxy) is 1. The van der Waals surface area contributed by atoms with Gasteiger partial charge in [0, 0.05) is 64.0 Å². The van der Waals surface area contributed by atoms with Crippen LogP contribution in [0.5, 0.6) is 5.75 Å². The van der Waals surface area contributed by atoms with E-state index in [4.69, 9.17) is 16.3 Å². The minimum absolute atomic E-state index is 0.107. The number of halogens is 1. The minimum atomic E-state index is -0.402. The van der Waals surface area contributed by atoms with Gasteiger partial charge in [0.1, 0.15) is 16.8 Å². The van der Waals surface area contributed by atoms with Crippen molar-refractivity contribution in [1.82, 2.24) is 25.1 Å². The molecular weight excluding hydrogens is 760 g/mol. The lowest BCUT2D eigenvalue weighted by Crippen LogP contribution is -2.51. The van der Waals surface area contributed by atoms with E-state index in [2.05, 4.69) is 53.2 Å². The molecule has 7 rings (SSSR count). The summed E-state index contributed by atoms with van der Waals surface area (Å²) in [5.41, 5.74) is 5.13. The smallest absolute Gasteiger partial charge is 0.249 e. The van der Waals surface area contributed by atoms with Crippen LogP contribution in [0.4, 0.5) is 40.2 Å². The van der Waals surface area contributed by atoms with Gasteiger partial charge in [-0.15, -0.1) is 0 Å². The van der Waals surface area contributed by atoms with Crippen molar-refractivity contribution in [2.75, 3.05) is 85.7 Å². The second kappa shape index (κ2) is 18.1. The third-order valence-electron chi connectivity index (χ3n) is 11.1. The molecule has 0 aliphatic carbocycles. The topological polar surface area (TPSA) is 164 Å². The molecular formula is C42H49ClN10O5. The Bertz CT molecular complexity index is 2140. The summed E-state index contributed by atoms with van der Waals surface area (Å²) in [6, 6.07) is 21.1. The first-order valence-corrected chi connectivity index (χ1v) is 20.0. The SMILES string of the molecule is COc1cc(N2CCN(C(=O)CN3CCC(c4ccc(NC5CCC(=O)NC5=O)cc4)CC3)CC2)ccc1Nc1ncc(Cl)c(Nc2ccccc2N(C)C(C)=O)n1. The monoisotopic (exact) mass is 808 g/mol. The Morgan fingerprint density at radius 1 is 0.931 bits per heavy atom. The second-order valence-electron chi connectivity index (χ2n) is 14.8. The number of imide groups is 1. The Morgan fingerprint density at radius 3 is 2.38 bits per heavy atom. The normalized spacial score (nSPS) is 17.7. The van der Waals surface area contributed by atoms with Gasteiger partial charge in [-0.25, -0.2) is 4.98 Å². The number of amides is 4. The first kappa shape index (κ1) is 40.3. The summed E-state index contributed by atoms with van der Waals surface area (Å²) in [6.07, 6.45) is 4.29. The number of nitrogens with one attached hydrogen (secondary N) is 4. The van der Waals surface area contributed by atoms with Crippen LogP contribution < -0.4 is 35.8 Å². The number of benzene rings is 3. The molecule has 0 bridgehead atoms. The van der Waals surface area contributed by atoms with E-state index in [-0.39, 0.29) is 23.6 Å². The number of carbonyl (C=O) groups excluding carboxylic acids is 4. The highest BCUT2D eigenvalue weighted by Crippen LogP contribution is 2.35. The standard InChI is InChI=1S/C42H49ClN10O5/c1-27(54)50(2)36-7-5-4-6-33(36)46-40-32(43)25-44-42(49-40)47-34-13-12-31(24-37(34)58-3)52-20-22-53(23-21-52)39(56)26-51-18-16-29(17-19-51)28-8-10-30(11-9-28)45-35-14-15-38(55)48-41(35)57/h4-13,24-25,29,35,45H,14-23,26H2,1-3H3,(H,48,55,57)(H2,44,46,47,49). The highest BCUT2D eigenvalue weighted by atomic mass is 35.5. The van der Waals surface area contributed by atoms with Crippen LogP contribution in [0.3, 0.4) is 0 Å². The molecule has 15 nitrogen and oxygen atoms in total. The third kappa shape index (κ3) is 9.60. The molecule has 3 aromatic carbocycles. The van der Waals surface area contributed by atoms with Gasteiger partial charge in [-0.2, -0.15) is 4.98 Å². The number of methoxy groups -OCH3 is 1. The molecule has 4 N–H and O–H groups in total. The fourth-order valence-electron chi connectivity index (χ4n) is 7.60. The zero-order valence-corrected chi connectivity index (χ0v) is 33.7. The maximum absolute atomic E-state index is 13.4. The summed E-state index contributed by atoms with van der Waals surface area (Å²) >= 11 is 6.48. The first-order chi connectivity index (χ1) is 28.0. The van der Waals surface area contributed by atoms with Gasteiger partial charge in [-0.05, 0) is 80.2 Å². The number of rotatable bonds is 12. The van der Waals surface area contributed by atoms with E-state index in [1.54, 1.807) is 19.1 Å². The first-order valence-electron chi connectivity index (χ1n) is 19.6. The van der Waals surface area contributed by atoms with Crippen LogP contribution in [0.15, 0.2) is 72.9 Å². The molecule has 0 saturated carbocycles. The zero-order chi connectivity index (χ0) is 40.8. The highest BCUT2D eigenvalue weighted by Gasteiger charge is 2.28.